The molecule has 0 fully saturated rings. The van der Waals surface area contributed by atoms with Crippen molar-refractivity contribution in [3.63, 3.8) is 0 Å². The van der Waals surface area contributed by atoms with Crippen molar-refractivity contribution in [3.8, 4) is 5.75 Å². The van der Waals surface area contributed by atoms with E-state index in [0.29, 0.717) is 13.2 Å². The van der Waals surface area contributed by atoms with Gasteiger partial charge in [-0.15, -0.1) is 11.3 Å². The van der Waals surface area contributed by atoms with E-state index in [1.165, 1.54) is 4.88 Å². The monoisotopic (exact) mass is 276 g/mol. The van der Waals surface area contributed by atoms with Gasteiger partial charge < -0.3 is 10.5 Å². The number of thiazole rings is 1. The van der Waals surface area contributed by atoms with Crippen molar-refractivity contribution in [1.82, 2.24) is 4.98 Å². The second-order valence-corrected chi connectivity index (χ2v) is 5.71. The van der Waals surface area contributed by atoms with Gasteiger partial charge in [0.2, 0.25) is 0 Å². The van der Waals surface area contributed by atoms with Gasteiger partial charge >= 0.3 is 0 Å². The molecule has 1 heterocycles. The van der Waals surface area contributed by atoms with Gasteiger partial charge in [0.15, 0.2) is 0 Å². The molecule has 0 spiro atoms. The molecule has 2 N–H and O–H groups in total. The third-order valence-corrected chi connectivity index (χ3v) is 4.19. The lowest BCUT2D eigenvalue weighted by atomic mass is 10.1. The van der Waals surface area contributed by atoms with Gasteiger partial charge in [-0.1, -0.05) is 25.1 Å². The number of ether oxygens (including phenoxy) is 1. The molecule has 0 unspecified atom stereocenters. The van der Waals surface area contributed by atoms with Crippen molar-refractivity contribution in [1.29, 1.82) is 0 Å². The molecule has 102 valence electrons. The van der Waals surface area contributed by atoms with Crippen molar-refractivity contribution >= 4 is 11.3 Å². The van der Waals surface area contributed by atoms with Gasteiger partial charge in [-0.25, -0.2) is 4.98 Å². The first kappa shape index (κ1) is 14.0. The van der Waals surface area contributed by atoms with Crippen LogP contribution in [0.5, 0.6) is 5.75 Å². The Kier molecular flexibility index (Phi) is 4.56. The molecular weight excluding hydrogens is 256 g/mol. The van der Waals surface area contributed by atoms with Crippen LogP contribution in [0.1, 0.15) is 33.6 Å². The zero-order chi connectivity index (χ0) is 13.8. The summed E-state index contributed by atoms with van der Waals surface area (Å²) >= 11 is 1.65. The maximum atomic E-state index is 5.92. The Labute approximate surface area is 118 Å². The van der Waals surface area contributed by atoms with Gasteiger partial charge in [0, 0.05) is 11.4 Å². The van der Waals surface area contributed by atoms with Gasteiger partial charge in [0.25, 0.3) is 0 Å². The topological polar surface area (TPSA) is 48.1 Å². The molecule has 3 nitrogen and oxygen atoms in total. The number of benzene rings is 1. The van der Waals surface area contributed by atoms with Crippen molar-refractivity contribution in [2.24, 2.45) is 5.73 Å². The third kappa shape index (κ3) is 3.14. The van der Waals surface area contributed by atoms with Crippen LogP contribution in [0.4, 0.5) is 0 Å². The number of nitrogens with zero attached hydrogens (tertiary/aromatic N) is 1. The van der Waals surface area contributed by atoms with E-state index < -0.39 is 0 Å². The fraction of sp³-hybridized carbons (Fsp3) is 0.400. The zero-order valence-corrected chi connectivity index (χ0v) is 12.5. The van der Waals surface area contributed by atoms with Crippen LogP contribution >= 0.6 is 11.3 Å². The number of aromatic nitrogens is 1. The first-order valence-corrected chi connectivity index (χ1v) is 7.33. The van der Waals surface area contributed by atoms with E-state index in [4.69, 9.17) is 10.5 Å². The predicted octanol–water partition coefficient (Wildman–Crippen LogP) is 3.36. The van der Waals surface area contributed by atoms with Crippen molar-refractivity contribution in [3.05, 3.63) is 44.9 Å². The van der Waals surface area contributed by atoms with E-state index in [2.05, 4.69) is 37.9 Å². The average Bonchev–Trinajstić information content (AvgIpc) is 2.80. The average molecular weight is 276 g/mol. The predicted molar refractivity (Wildman–Crippen MR) is 79.6 cm³/mol. The van der Waals surface area contributed by atoms with Crippen molar-refractivity contribution in [2.75, 3.05) is 0 Å². The molecule has 0 radical (unpaired) electrons. The maximum absolute atomic E-state index is 5.92. The van der Waals surface area contributed by atoms with Gasteiger partial charge in [0.05, 0.1) is 5.69 Å². The number of para-hydroxylation sites is 1. The van der Waals surface area contributed by atoms with E-state index in [9.17, 15) is 0 Å². The molecule has 0 saturated carbocycles. The second kappa shape index (κ2) is 6.17. The molecule has 1 aromatic carbocycles. The Morgan fingerprint density at radius 2 is 1.95 bits per heavy atom. The molecule has 0 amide bonds. The summed E-state index contributed by atoms with van der Waals surface area (Å²) in [5.41, 5.74) is 9.15. The summed E-state index contributed by atoms with van der Waals surface area (Å²) < 4.78 is 5.92. The standard InChI is InChI=1S/C15H20N2OS/c1-4-12-13(8-16)19-14(17-12)9-18-15-10(2)6-5-7-11(15)3/h5-7H,4,8-9,16H2,1-3H3. The molecule has 2 aromatic rings. The van der Waals surface area contributed by atoms with E-state index >= 15 is 0 Å². The zero-order valence-electron chi connectivity index (χ0n) is 11.7. The maximum Gasteiger partial charge on any atom is 0.140 e. The van der Waals surface area contributed by atoms with Crippen LogP contribution < -0.4 is 10.5 Å². The fourth-order valence-corrected chi connectivity index (χ4v) is 3.04. The number of hydrogen-bond acceptors (Lipinski definition) is 4. The summed E-state index contributed by atoms with van der Waals surface area (Å²) in [5.74, 6) is 0.963. The summed E-state index contributed by atoms with van der Waals surface area (Å²) in [6.45, 7) is 7.30. The molecule has 19 heavy (non-hydrogen) atoms. The van der Waals surface area contributed by atoms with Gasteiger partial charge in [-0.3, -0.25) is 0 Å². The molecule has 1 aromatic heterocycles. The Morgan fingerprint density at radius 1 is 1.26 bits per heavy atom. The molecule has 0 atom stereocenters. The molecular formula is C15H20N2OS. The van der Waals surface area contributed by atoms with Crippen molar-refractivity contribution < 1.29 is 4.74 Å². The van der Waals surface area contributed by atoms with Crippen LogP contribution in [0.15, 0.2) is 18.2 Å². The lowest BCUT2D eigenvalue weighted by Gasteiger charge is -2.10. The van der Waals surface area contributed by atoms with E-state index in [1.54, 1.807) is 11.3 Å². The largest absolute Gasteiger partial charge is 0.486 e. The fourth-order valence-electron chi connectivity index (χ4n) is 2.10. The van der Waals surface area contributed by atoms with Crippen LogP contribution in [-0.4, -0.2) is 4.98 Å². The minimum atomic E-state index is 0.517. The highest BCUT2D eigenvalue weighted by atomic mass is 32.1. The summed E-state index contributed by atoms with van der Waals surface area (Å²) in [6.07, 6.45) is 0.923. The highest BCUT2D eigenvalue weighted by Crippen LogP contribution is 2.25. The first-order valence-electron chi connectivity index (χ1n) is 6.52. The first-order chi connectivity index (χ1) is 9.15. The Morgan fingerprint density at radius 3 is 2.47 bits per heavy atom. The number of nitrogens with two attached hydrogens (primary N) is 1. The molecule has 0 bridgehead atoms. The molecule has 0 aliphatic carbocycles. The Bertz CT molecular complexity index is 522. The van der Waals surface area contributed by atoms with Crippen LogP contribution in [-0.2, 0) is 19.6 Å². The molecule has 0 saturated heterocycles. The van der Waals surface area contributed by atoms with Gasteiger partial charge in [-0.05, 0) is 31.4 Å². The van der Waals surface area contributed by atoms with Gasteiger partial charge in [-0.2, -0.15) is 0 Å². The minimum absolute atomic E-state index is 0.517. The molecule has 0 aliphatic rings. The summed E-state index contributed by atoms with van der Waals surface area (Å²) in [4.78, 5) is 5.76. The van der Waals surface area contributed by atoms with E-state index in [-0.39, 0.29) is 0 Å². The Hall–Kier alpha value is -1.39. The summed E-state index contributed by atoms with van der Waals surface area (Å²) in [5, 5.41) is 1.000. The van der Waals surface area contributed by atoms with Crippen LogP contribution in [0.2, 0.25) is 0 Å². The molecule has 2 rings (SSSR count). The number of aryl methyl sites for hydroxylation is 3. The normalized spacial score (nSPS) is 10.7. The Balaban J connectivity index is 2.12. The minimum Gasteiger partial charge on any atom is -0.486 e. The number of rotatable bonds is 5. The highest BCUT2D eigenvalue weighted by molar-refractivity contribution is 7.11. The molecule has 4 heteroatoms. The number of hydrogen-bond donors (Lipinski definition) is 1. The van der Waals surface area contributed by atoms with Gasteiger partial charge in [0.1, 0.15) is 17.4 Å². The van der Waals surface area contributed by atoms with Crippen LogP contribution in [0.3, 0.4) is 0 Å². The third-order valence-electron chi connectivity index (χ3n) is 3.09. The summed E-state index contributed by atoms with van der Waals surface area (Å²) in [7, 11) is 0. The lowest BCUT2D eigenvalue weighted by molar-refractivity contribution is 0.301. The van der Waals surface area contributed by atoms with Crippen molar-refractivity contribution in [2.45, 2.75) is 40.3 Å². The second-order valence-electron chi connectivity index (χ2n) is 4.54. The van der Waals surface area contributed by atoms with Crippen LogP contribution in [0, 0.1) is 13.8 Å². The molecule has 0 aliphatic heterocycles. The lowest BCUT2D eigenvalue weighted by Crippen LogP contribution is -1.99. The van der Waals surface area contributed by atoms with Crippen LogP contribution in [0.25, 0.3) is 0 Å². The smallest absolute Gasteiger partial charge is 0.140 e. The summed E-state index contributed by atoms with van der Waals surface area (Å²) in [6, 6.07) is 6.17. The quantitative estimate of drug-likeness (QED) is 0.911. The van der Waals surface area contributed by atoms with E-state index in [1.807, 2.05) is 6.07 Å². The highest BCUT2D eigenvalue weighted by Gasteiger charge is 2.10. The SMILES string of the molecule is CCc1nc(COc2c(C)cccc2C)sc1CN. The van der Waals surface area contributed by atoms with E-state index in [0.717, 1.165) is 34.0 Å².